The van der Waals surface area contributed by atoms with Gasteiger partial charge in [-0.15, -0.1) is 6.58 Å². The van der Waals surface area contributed by atoms with Crippen LogP contribution < -0.4 is 18.9 Å². The second-order valence-corrected chi connectivity index (χ2v) is 8.15. The molecule has 0 aliphatic heterocycles. The van der Waals surface area contributed by atoms with Gasteiger partial charge in [-0.25, -0.2) is 4.98 Å². The van der Waals surface area contributed by atoms with Crippen LogP contribution in [0.3, 0.4) is 0 Å². The second kappa shape index (κ2) is 11.5. The first-order valence-corrected chi connectivity index (χ1v) is 11.8. The number of aryl methyl sites for hydroxylation is 1. The molecule has 6 heteroatoms. The summed E-state index contributed by atoms with van der Waals surface area (Å²) in [5, 5.41) is 0. The van der Waals surface area contributed by atoms with Gasteiger partial charge in [-0.05, 0) is 55.2 Å². The summed E-state index contributed by atoms with van der Waals surface area (Å²) in [7, 11) is 4.85. The number of benzene rings is 3. The van der Waals surface area contributed by atoms with Crippen LogP contribution in [0.4, 0.5) is 0 Å². The molecule has 0 radical (unpaired) electrons. The van der Waals surface area contributed by atoms with E-state index in [0.717, 1.165) is 59.5 Å². The maximum Gasteiger partial charge on any atom is 0.203 e. The van der Waals surface area contributed by atoms with Gasteiger partial charge >= 0.3 is 0 Å². The molecule has 0 amide bonds. The molecule has 0 fully saturated rings. The summed E-state index contributed by atoms with van der Waals surface area (Å²) in [5.41, 5.74) is 4.11. The SMILES string of the molecule is C=CCc1ccccc1OCCCCn1c(-c2cc(OC)c(OC)c(OC)c2)nc2ccccc21. The number of para-hydroxylation sites is 3. The van der Waals surface area contributed by atoms with Crippen LogP contribution in [0.25, 0.3) is 22.4 Å². The van der Waals surface area contributed by atoms with Crippen molar-refractivity contribution >= 4 is 11.0 Å². The predicted molar refractivity (Wildman–Crippen MR) is 140 cm³/mol. The minimum Gasteiger partial charge on any atom is -0.493 e. The Morgan fingerprint density at radius 3 is 2.29 bits per heavy atom. The smallest absolute Gasteiger partial charge is 0.203 e. The quantitative estimate of drug-likeness (QED) is 0.178. The molecule has 1 heterocycles. The van der Waals surface area contributed by atoms with Gasteiger partial charge in [0.2, 0.25) is 5.75 Å². The second-order valence-electron chi connectivity index (χ2n) is 8.15. The van der Waals surface area contributed by atoms with Gasteiger partial charge in [-0.1, -0.05) is 36.4 Å². The van der Waals surface area contributed by atoms with Gasteiger partial charge in [-0.2, -0.15) is 0 Å². The minimum atomic E-state index is 0.565. The largest absolute Gasteiger partial charge is 0.493 e. The van der Waals surface area contributed by atoms with Crippen molar-refractivity contribution in [3.8, 4) is 34.4 Å². The molecule has 0 N–H and O–H groups in total. The molecule has 0 aliphatic carbocycles. The number of methoxy groups -OCH3 is 3. The lowest BCUT2D eigenvalue weighted by atomic mass is 10.1. The van der Waals surface area contributed by atoms with Crippen molar-refractivity contribution in [3.05, 3.63) is 78.9 Å². The Bertz CT molecular complexity index is 1270. The topological polar surface area (TPSA) is 54.7 Å². The van der Waals surface area contributed by atoms with E-state index >= 15 is 0 Å². The Morgan fingerprint density at radius 2 is 1.57 bits per heavy atom. The number of hydrogen-bond acceptors (Lipinski definition) is 5. The summed E-state index contributed by atoms with van der Waals surface area (Å²) in [4.78, 5) is 4.94. The first-order chi connectivity index (χ1) is 17.2. The summed E-state index contributed by atoms with van der Waals surface area (Å²) >= 11 is 0. The maximum atomic E-state index is 6.08. The number of ether oxygens (including phenoxy) is 4. The summed E-state index contributed by atoms with van der Waals surface area (Å²) in [6, 6.07) is 20.2. The van der Waals surface area contributed by atoms with E-state index in [1.54, 1.807) is 21.3 Å². The maximum absolute atomic E-state index is 6.08. The Morgan fingerprint density at radius 1 is 0.857 bits per heavy atom. The Kier molecular flexibility index (Phi) is 7.93. The van der Waals surface area contributed by atoms with Crippen LogP contribution in [-0.4, -0.2) is 37.5 Å². The molecule has 0 unspecified atom stereocenters. The lowest BCUT2D eigenvalue weighted by molar-refractivity contribution is 0.301. The van der Waals surface area contributed by atoms with Crippen LogP contribution in [0, 0.1) is 0 Å². The lowest BCUT2D eigenvalue weighted by Gasteiger charge is -2.15. The molecule has 4 aromatic rings. The summed E-state index contributed by atoms with van der Waals surface area (Å²) < 4.78 is 25.0. The van der Waals surface area contributed by atoms with Crippen molar-refractivity contribution in [1.29, 1.82) is 0 Å². The van der Waals surface area contributed by atoms with E-state index in [-0.39, 0.29) is 0 Å². The van der Waals surface area contributed by atoms with E-state index in [4.69, 9.17) is 23.9 Å². The highest BCUT2D eigenvalue weighted by Gasteiger charge is 2.18. The molecule has 6 nitrogen and oxygen atoms in total. The van der Waals surface area contributed by atoms with Crippen LogP contribution >= 0.6 is 0 Å². The van der Waals surface area contributed by atoms with Gasteiger partial charge in [0.15, 0.2) is 11.5 Å². The number of imidazole rings is 1. The van der Waals surface area contributed by atoms with Crippen molar-refractivity contribution in [3.63, 3.8) is 0 Å². The van der Waals surface area contributed by atoms with Crippen molar-refractivity contribution in [2.24, 2.45) is 0 Å². The zero-order valence-corrected chi connectivity index (χ0v) is 20.6. The first kappa shape index (κ1) is 24.2. The number of aromatic nitrogens is 2. The van der Waals surface area contributed by atoms with Gasteiger partial charge in [-0.3, -0.25) is 0 Å². The Labute approximate surface area is 206 Å². The first-order valence-electron chi connectivity index (χ1n) is 11.8. The fourth-order valence-electron chi connectivity index (χ4n) is 4.26. The van der Waals surface area contributed by atoms with Crippen LogP contribution in [0.1, 0.15) is 18.4 Å². The van der Waals surface area contributed by atoms with Crippen LogP contribution in [0.5, 0.6) is 23.0 Å². The van der Waals surface area contributed by atoms with Gasteiger partial charge in [0.1, 0.15) is 11.6 Å². The molecule has 1 aromatic heterocycles. The van der Waals surface area contributed by atoms with Crippen LogP contribution in [0.15, 0.2) is 73.3 Å². The van der Waals surface area contributed by atoms with Gasteiger partial charge in [0, 0.05) is 12.1 Å². The van der Waals surface area contributed by atoms with Crippen molar-refractivity contribution in [2.45, 2.75) is 25.8 Å². The summed E-state index contributed by atoms with van der Waals surface area (Å²) in [6.07, 6.45) is 4.57. The third kappa shape index (κ3) is 5.27. The molecule has 0 spiro atoms. The number of hydrogen-bond donors (Lipinski definition) is 0. The number of rotatable bonds is 12. The predicted octanol–water partition coefficient (Wildman–Crippen LogP) is 6.32. The third-order valence-electron chi connectivity index (χ3n) is 5.95. The van der Waals surface area contributed by atoms with E-state index in [2.05, 4.69) is 23.3 Å². The number of nitrogens with zero attached hydrogens (tertiary/aromatic N) is 2. The molecular formula is C29H32N2O4. The van der Waals surface area contributed by atoms with Gasteiger partial charge in [0.05, 0.1) is 39.0 Å². The monoisotopic (exact) mass is 472 g/mol. The fraction of sp³-hybridized carbons (Fsp3) is 0.276. The highest BCUT2D eigenvalue weighted by atomic mass is 16.5. The standard InChI is InChI=1S/C29H32N2O4/c1-5-12-21-13-6-9-16-25(21)35-18-11-10-17-31-24-15-8-7-14-23(24)30-29(31)22-19-26(32-2)28(34-4)27(20-22)33-3/h5-9,13-16,19-20H,1,10-12,17-18H2,2-4H3. The highest BCUT2D eigenvalue weighted by Crippen LogP contribution is 2.41. The average molecular weight is 473 g/mol. The highest BCUT2D eigenvalue weighted by molar-refractivity contribution is 5.81. The molecule has 3 aromatic carbocycles. The van der Waals surface area contributed by atoms with Crippen LogP contribution in [-0.2, 0) is 13.0 Å². The third-order valence-corrected chi connectivity index (χ3v) is 5.95. The molecule has 35 heavy (non-hydrogen) atoms. The van der Waals surface area contributed by atoms with E-state index in [1.165, 1.54) is 0 Å². The lowest BCUT2D eigenvalue weighted by Crippen LogP contribution is -2.05. The zero-order chi connectivity index (χ0) is 24.6. The summed E-state index contributed by atoms with van der Waals surface area (Å²) in [6.45, 7) is 5.30. The molecule has 182 valence electrons. The zero-order valence-electron chi connectivity index (χ0n) is 20.6. The molecule has 0 bridgehead atoms. The number of fused-ring (bicyclic) bond motifs is 1. The van der Waals surface area contributed by atoms with Gasteiger partial charge < -0.3 is 23.5 Å². The molecular weight excluding hydrogens is 440 g/mol. The number of unbranched alkanes of at least 4 members (excludes halogenated alkanes) is 1. The summed E-state index contributed by atoms with van der Waals surface area (Å²) in [5.74, 6) is 3.57. The minimum absolute atomic E-state index is 0.565. The van der Waals surface area contributed by atoms with E-state index in [9.17, 15) is 0 Å². The normalized spacial score (nSPS) is 10.8. The average Bonchev–Trinajstić information content (AvgIpc) is 3.27. The number of allylic oxidation sites excluding steroid dienone is 1. The molecule has 0 saturated carbocycles. The molecule has 0 saturated heterocycles. The molecule has 0 atom stereocenters. The molecule has 0 aliphatic rings. The Balaban J connectivity index is 1.55. The Hall–Kier alpha value is -3.93. The van der Waals surface area contributed by atoms with Crippen molar-refractivity contribution < 1.29 is 18.9 Å². The fourth-order valence-corrected chi connectivity index (χ4v) is 4.26. The van der Waals surface area contributed by atoms with E-state index in [0.29, 0.717) is 23.9 Å². The van der Waals surface area contributed by atoms with Crippen molar-refractivity contribution in [2.75, 3.05) is 27.9 Å². The van der Waals surface area contributed by atoms with Crippen LogP contribution in [0.2, 0.25) is 0 Å². The van der Waals surface area contributed by atoms with E-state index in [1.807, 2.05) is 54.6 Å². The van der Waals surface area contributed by atoms with Crippen molar-refractivity contribution in [1.82, 2.24) is 9.55 Å². The van der Waals surface area contributed by atoms with E-state index < -0.39 is 0 Å². The molecule has 4 rings (SSSR count). The van der Waals surface area contributed by atoms with Gasteiger partial charge in [0.25, 0.3) is 0 Å².